The molecule has 1 aliphatic heterocycles. The summed E-state index contributed by atoms with van der Waals surface area (Å²) in [6, 6.07) is 0. The number of amides is 2. The van der Waals surface area contributed by atoms with Crippen LogP contribution in [0.4, 0.5) is 0 Å². The third-order valence-corrected chi connectivity index (χ3v) is 5.18. The number of carbonyl (C=O) groups excluding carboxylic acids is 2. The first-order valence-electron chi connectivity index (χ1n) is 9.13. The Labute approximate surface area is 143 Å². The third-order valence-electron chi connectivity index (χ3n) is 5.18. The molecule has 132 valence electrons. The maximum absolute atomic E-state index is 12.7. The van der Waals surface area contributed by atoms with Crippen LogP contribution in [-0.4, -0.2) is 41.3 Å². The van der Waals surface area contributed by atoms with Crippen molar-refractivity contribution in [3.8, 4) is 0 Å². The highest BCUT2D eigenvalue weighted by Gasteiger charge is 2.38. The summed E-state index contributed by atoms with van der Waals surface area (Å²) in [6.45, 7) is 4.04. The Hall–Kier alpha value is -1.85. The van der Waals surface area contributed by atoms with Crippen molar-refractivity contribution in [3.05, 3.63) is 17.8 Å². The highest BCUT2D eigenvalue weighted by Crippen LogP contribution is 2.32. The minimum atomic E-state index is -0.177. The first kappa shape index (κ1) is 17.0. The zero-order valence-electron chi connectivity index (χ0n) is 14.4. The predicted octanol–water partition coefficient (Wildman–Crippen LogP) is 2.07. The molecule has 24 heavy (non-hydrogen) atoms. The van der Waals surface area contributed by atoms with Gasteiger partial charge in [-0.1, -0.05) is 12.8 Å². The lowest BCUT2D eigenvalue weighted by Gasteiger charge is -2.32. The highest BCUT2D eigenvalue weighted by atomic mass is 16.4. The Morgan fingerprint density at radius 2 is 1.92 bits per heavy atom. The fourth-order valence-corrected chi connectivity index (χ4v) is 3.87. The summed E-state index contributed by atoms with van der Waals surface area (Å²) in [6.07, 6.45) is 8.24. The van der Waals surface area contributed by atoms with Crippen molar-refractivity contribution in [2.24, 2.45) is 11.8 Å². The number of nitrogens with one attached hydrogen (secondary N) is 1. The normalized spacial score (nSPS) is 24.1. The molecule has 0 spiro atoms. The van der Waals surface area contributed by atoms with Gasteiger partial charge >= 0.3 is 0 Å². The molecule has 0 aromatic carbocycles. The summed E-state index contributed by atoms with van der Waals surface area (Å²) < 4.78 is 5.41. The molecule has 1 saturated heterocycles. The van der Waals surface area contributed by atoms with Gasteiger partial charge in [-0.25, -0.2) is 4.98 Å². The first-order valence-corrected chi connectivity index (χ1v) is 9.13. The molecule has 2 fully saturated rings. The lowest BCUT2D eigenvalue weighted by atomic mass is 9.78. The lowest BCUT2D eigenvalue weighted by Crippen LogP contribution is -2.45. The average Bonchev–Trinajstić information content (AvgIpc) is 3.26. The van der Waals surface area contributed by atoms with Gasteiger partial charge in [0.15, 0.2) is 5.89 Å². The SMILES string of the molecule is Cc1ncc(CCNC(=O)C2CCCCC2C(=O)N2CCCC2)o1. The summed E-state index contributed by atoms with van der Waals surface area (Å²) in [7, 11) is 0. The summed E-state index contributed by atoms with van der Waals surface area (Å²) in [5, 5.41) is 2.99. The van der Waals surface area contributed by atoms with Gasteiger partial charge in [0.25, 0.3) is 0 Å². The molecule has 1 aromatic rings. The van der Waals surface area contributed by atoms with E-state index in [-0.39, 0.29) is 23.7 Å². The van der Waals surface area contributed by atoms with E-state index in [1.165, 1.54) is 0 Å². The average molecular weight is 333 g/mol. The summed E-state index contributed by atoms with van der Waals surface area (Å²) in [5.41, 5.74) is 0. The summed E-state index contributed by atoms with van der Waals surface area (Å²) >= 11 is 0. The Morgan fingerprint density at radius 1 is 1.21 bits per heavy atom. The van der Waals surface area contributed by atoms with Crippen molar-refractivity contribution in [1.82, 2.24) is 15.2 Å². The van der Waals surface area contributed by atoms with E-state index in [1.807, 2.05) is 4.90 Å². The highest BCUT2D eigenvalue weighted by molar-refractivity contribution is 5.88. The smallest absolute Gasteiger partial charge is 0.226 e. The van der Waals surface area contributed by atoms with Crippen LogP contribution in [0.5, 0.6) is 0 Å². The Bertz CT molecular complexity index is 578. The summed E-state index contributed by atoms with van der Waals surface area (Å²) in [4.78, 5) is 31.3. The molecule has 2 amide bonds. The second kappa shape index (κ2) is 7.81. The van der Waals surface area contributed by atoms with Crippen LogP contribution in [0.3, 0.4) is 0 Å². The van der Waals surface area contributed by atoms with Gasteiger partial charge in [-0.2, -0.15) is 0 Å². The Balaban J connectivity index is 1.53. The molecule has 2 atom stereocenters. The van der Waals surface area contributed by atoms with Crippen molar-refractivity contribution < 1.29 is 14.0 Å². The van der Waals surface area contributed by atoms with E-state index in [2.05, 4.69) is 10.3 Å². The van der Waals surface area contributed by atoms with E-state index in [9.17, 15) is 9.59 Å². The van der Waals surface area contributed by atoms with Crippen LogP contribution >= 0.6 is 0 Å². The van der Waals surface area contributed by atoms with E-state index in [1.54, 1.807) is 13.1 Å². The van der Waals surface area contributed by atoms with Crippen molar-refractivity contribution in [2.75, 3.05) is 19.6 Å². The minimum absolute atomic E-state index is 0.0171. The fraction of sp³-hybridized carbons (Fsp3) is 0.722. The van der Waals surface area contributed by atoms with Crippen LogP contribution in [0, 0.1) is 18.8 Å². The fourth-order valence-electron chi connectivity index (χ4n) is 3.87. The zero-order valence-corrected chi connectivity index (χ0v) is 14.4. The number of hydrogen-bond acceptors (Lipinski definition) is 4. The second-order valence-electron chi connectivity index (χ2n) is 6.92. The standard InChI is InChI=1S/C18H27N3O3/c1-13-20-12-14(24-13)8-9-19-17(22)15-6-2-3-7-16(15)18(23)21-10-4-5-11-21/h12,15-16H,2-11H2,1H3,(H,19,22). The molecule has 1 aliphatic carbocycles. The number of carbonyl (C=O) groups is 2. The molecule has 2 aliphatic rings. The Morgan fingerprint density at radius 3 is 2.58 bits per heavy atom. The van der Waals surface area contributed by atoms with E-state index in [4.69, 9.17) is 4.42 Å². The Kier molecular flexibility index (Phi) is 5.53. The van der Waals surface area contributed by atoms with Gasteiger partial charge in [-0.3, -0.25) is 9.59 Å². The maximum atomic E-state index is 12.7. The summed E-state index contributed by atoms with van der Waals surface area (Å²) in [5.74, 6) is 1.32. The first-order chi connectivity index (χ1) is 11.6. The van der Waals surface area contributed by atoms with E-state index in [0.29, 0.717) is 18.9 Å². The molecular weight excluding hydrogens is 306 g/mol. The lowest BCUT2D eigenvalue weighted by molar-refractivity contribution is -0.142. The second-order valence-corrected chi connectivity index (χ2v) is 6.92. The number of rotatable bonds is 5. The van der Waals surface area contributed by atoms with Gasteiger partial charge < -0.3 is 14.6 Å². The molecule has 2 unspecified atom stereocenters. The van der Waals surface area contributed by atoms with Crippen molar-refractivity contribution in [3.63, 3.8) is 0 Å². The molecule has 2 heterocycles. The predicted molar refractivity (Wildman–Crippen MR) is 89.2 cm³/mol. The molecule has 1 aromatic heterocycles. The van der Waals surface area contributed by atoms with Gasteiger partial charge in [0.2, 0.25) is 11.8 Å². The molecule has 1 saturated carbocycles. The molecule has 0 radical (unpaired) electrons. The number of oxazole rings is 1. The van der Waals surface area contributed by atoms with Crippen LogP contribution in [0.1, 0.15) is 50.2 Å². The number of hydrogen-bond donors (Lipinski definition) is 1. The molecule has 0 bridgehead atoms. The van der Waals surface area contributed by atoms with E-state index >= 15 is 0 Å². The van der Waals surface area contributed by atoms with Gasteiger partial charge in [-0.15, -0.1) is 0 Å². The van der Waals surface area contributed by atoms with Crippen LogP contribution in [0.2, 0.25) is 0 Å². The van der Waals surface area contributed by atoms with Gasteiger partial charge in [-0.05, 0) is 25.7 Å². The quantitative estimate of drug-likeness (QED) is 0.895. The largest absolute Gasteiger partial charge is 0.446 e. The van der Waals surface area contributed by atoms with Crippen LogP contribution < -0.4 is 5.32 Å². The molecule has 6 nitrogen and oxygen atoms in total. The third kappa shape index (κ3) is 3.97. The van der Waals surface area contributed by atoms with Crippen LogP contribution in [0.25, 0.3) is 0 Å². The monoisotopic (exact) mass is 333 g/mol. The van der Waals surface area contributed by atoms with Crippen molar-refractivity contribution >= 4 is 11.8 Å². The van der Waals surface area contributed by atoms with Crippen molar-refractivity contribution in [1.29, 1.82) is 0 Å². The number of likely N-dealkylation sites (tertiary alicyclic amines) is 1. The van der Waals surface area contributed by atoms with Crippen LogP contribution in [0.15, 0.2) is 10.6 Å². The maximum Gasteiger partial charge on any atom is 0.226 e. The minimum Gasteiger partial charge on any atom is -0.446 e. The van der Waals surface area contributed by atoms with E-state index < -0.39 is 0 Å². The topological polar surface area (TPSA) is 75.4 Å². The van der Waals surface area contributed by atoms with Crippen molar-refractivity contribution in [2.45, 2.75) is 51.9 Å². The number of aryl methyl sites for hydroxylation is 1. The molecule has 1 N–H and O–H groups in total. The zero-order chi connectivity index (χ0) is 16.9. The van der Waals surface area contributed by atoms with E-state index in [0.717, 1.165) is 57.4 Å². The molecular formula is C18H27N3O3. The van der Waals surface area contributed by atoms with Gasteiger partial charge in [0, 0.05) is 44.8 Å². The molecule has 6 heteroatoms. The van der Waals surface area contributed by atoms with Gasteiger partial charge in [0.1, 0.15) is 5.76 Å². The van der Waals surface area contributed by atoms with Crippen LogP contribution in [-0.2, 0) is 16.0 Å². The molecule has 3 rings (SSSR count). The van der Waals surface area contributed by atoms with Gasteiger partial charge in [0.05, 0.1) is 6.20 Å². The number of aromatic nitrogens is 1. The number of nitrogens with zero attached hydrogens (tertiary/aromatic N) is 2.